The summed E-state index contributed by atoms with van der Waals surface area (Å²) in [4.78, 5) is 13.7. The molecule has 0 aliphatic rings. The minimum Gasteiger partial charge on any atom is -0.478 e. The van der Waals surface area contributed by atoms with Crippen LogP contribution in [-0.4, -0.2) is 29.8 Å². The first-order chi connectivity index (χ1) is 11.9. The van der Waals surface area contributed by atoms with E-state index in [-0.39, 0.29) is 18.4 Å². The third-order valence-electron chi connectivity index (χ3n) is 3.93. The van der Waals surface area contributed by atoms with E-state index in [0.717, 1.165) is 6.42 Å². The summed E-state index contributed by atoms with van der Waals surface area (Å²) in [5.74, 6) is 0.684. The number of rotatable bonds is 9. The van der Waals surface area contributed by atoms with E-state index >= 15 is 0 Å². The molecule has 0 spiro atoms. The van der Waals surface area contributed by atoms with Crippen LogP contribution in [0.4, 0.5) is 0 Å². The van der Waals surface area contributed by atoms with Crippen LogP contribution in [0.3, 0.4) is 0 Å². The van der Waals surface area contributed by atoms with Crippen LogP contribution in [0.1, 0.15) is 37.5 Å². The fourth-order valence-electron chi connectivity index (χ4n) is 2.52. The van der Waals surface area contributed by atoms with Crippen molar-refractivity contribution in [3.8, 4) is 5.75 Å². The highest BCUT2D eigenvalue weighted by Crippen LogP contribution is 2.27. The number of hydrogen-bond donors (Lipinski definition) is 2. The Labute approximate surface area is 157 Å². The van der Waals surface area contributed by atoms with Crippen molar-refractivity contribution in [1.82, 2.24) is 5.32 Å². The van der Waals surface area contributed by atoms with Crippen LogP contribution in [0.2, 0.25) is 5.02 Å². The first-order valence-electron chi connectivity index (χ1n) is 8.29. The number of hydrogen-bond acceptors (Lipinski definition) is 4. The predicted octanol–water partition coefficient (Wildman–Crippen LogP) is 4.23. The maximum absolute atomic E-state index is 12.5. The van der Waals surface area contributed by atoms with Gasteiger partial charge in [0.15, 0.2) is 5.60 Å². The van der Waals surface area contributed by atoms with E-state index in [1.807, 2.05) is 11.4 Å². The molecule has 1 aromatic carbocycles. The average Bonchev–Trinajstić information content (AvgIpc) is 3.10. The summed E-state index contributed by atoms with van der Waals surface area (Å²) >= 11 is 7.54. The third kappa shape index (κ3) is 6.03. The van der Waals surface area contributed by atoms with E-state index in [4.69, 9.17) is 16.3 Å². The molecule has 1 heterocycles. The molecule has 136 valence electrons. The largest absolute Gasteiger partial charge is 0.478 e. The van der Waals surface area contributed by atoms with Gasteiger partial charge in [0.05, 0.1) is 0 Å². The molecule has 25 heavy (non-hydrogen) atoms. The number of thiophene rings is 1. The van der Waals surface area contributed by atoms with E-state index in [0.29, 0.717) is 23.7 Å². The molecular formula is C19H24ClNO3S. The van der Waals surface area contributed by atoms with Crippen molar-refractivity contribution in [1.29, 1.82) is 0 Å². The van der Waals surface area contributed by atoms with Gasteiger partial charge in [-0.05, 0) is 68.3 Å². The number of amides is 1. The van der Waals surface area contributed by atoms with Gasteiger partial charge in [-0.15, -0.1) is 11.3 Å². The fraction of sp³-hybridized carbons (Fsp3) is 0.421. The number of ether oxygens (including phenoxy) is 1. The van der Waals surface area contributed by atoms with Crippen molar-refractivity contribution in [2.24, 2.45) is 0 Å². The van der Waals surface area contributed by atoms with Gasteiger partial charge in [-0.25, -0.2) is 0 Å². The Kier molecular flexibility index (Phi) is 7.29. The third-order valence-corrected chi connectivity index (χ3v) is 5.22. The molecule has 2 rings (SSSR count). The van der Waals surface area contributed by atoms with Crippen LogP contribution >= 0.6 is 22.9 Å². The standard InChI is InChI=1S/C19H24ClNO3S/c1-19(2,24-16-7-5-15(20)6-8-16)18(23)21-11-9-14(10-12-22)17-4-3-13-25-17/h3-8,13-14,22H,9-12H2,1-2H3,(H,21,23)/t14-/m1/s1. The summed E-state index contributed by atoms with van der Waals surface area (Å²) in [5.41, 5.74) is -0.983. The van der Waals surface area contributed by atoms with Crippen LogP contribution in [0, 0.1) is 0 Å². The number of halogens is 1. The maximum atomic E-state index is 12.5. The normalized spacial score (nSPS) is 12.6. The van der Waals surface area contributed by atoms with Gasteiger partial charge in [-0.3, -0.25) is 4.79 Å². The molecule has 0 saturated carbocycles. The fourth-order valence-corrected chi connectivity index (χ4v) is 3.55. The average molecular weight is 382 g/mol. The first kappa shape index (κ1) is 19.8. The quantitative estimate of drug-likeness (QED) is 0.683. The van der Waals surface area contributed by atoms with Gasteiger partial charge < -0.3 is 15.2 Å². The second-order valence-corrected chi connectivity index (χ2v) is 7.75. The molecule has 0 saturated heterocycles. The van der Waals surface area contributed by atoms with Crippen molar-refractivity contribution in [3.05, 3.63) is 51.7 Å². The Balaban J connectivity index is 1.86. The molecule has 4 nitrogen and oxygen atoms in total. The van der Waals surface area contributed by atoms with Crippen LogP contribution in [-0.2, 0) is 4.79 Å². The highest BCUT2D eigenvalue weighted by molar-refractivity contribution is 7.10. The van der Waals surface area contributed by atoms with E-state index in [2.05, 4.69) is 11.4 Å². The van der Waals surface area contributed by atoms with Gasteiger partial charge in [0.25, 0.3) is 5.91 Å². The molecule has 0 aliphatic carbocycles. The van der Waals surface area contributed by atoms with Gasteiger partial charge in [0.2, 0.25) is 0 Å². The molecule has 0 fully saturated rings. The van der Waals surface area contributed by atoms with Crippen LogP contribution < -0.4 is 10.1 Å². The Morgan fingerprint density at radius 1 is 1.28 bits per heavy atom. The molecule has 2 aromatic rings. The van der Waals surface area contributed by atoms with E-state index in [1.54, 1.807) is 49.4 Å². The van der Waals surface area contributed by atoms with Crippen molar-refractivity contribution >= 4 is 28.8 Å². The smallest absolute Gasteiger partial charge is 0.263 e. The van der Waals surface area contributed by atoms with Gasteiger partial charge in [0, 0.05) is 23.1 Å². The summed E-state index contributed by atoms with van der Waals surface area (Å²) in [6.07, 6.45) is 1.48. The topological polar surface area (TPSA) is 58.6 Å². The number of carbonyl (C=O) groups is 1. The first-order valence-corrected chi connectivity index (χ1v) is 9.55. The number of nitrogens with one attached hydrogen (secondary N) is 1. The Morgan fingerprint density at radius 3 is 2.60 bits per heavy atom. The molecule has 1 atom stereocenters. The van der Waals surface area contributed by atoms with Crippen molar-refractivity contribution < 1.29 is 14.6 Å². The van der Waals surface area contributed by atoms with Crippen LogP contribution in [0.15, 0.2) is 41.8 Å². The lowest BCUT2D eigenvalue weighted by Crippen LogP contribution is -2.47. The molecule has 0 radical (unpaired) electrons. The number of carbonyl (C=O) groups excluding carboxylic acids is 1. The van der Waals surface area contributed by atoms with Crippen molar-refractivity contribution in [3.63, 3.8) is 0 Å². The van der Waals surface area contributed by atoms with Crippen LogP contribution in [0.25, 0.3) is 0 Å². The zero-order valence-electron chi connectivity index (χ0n) is 14.5. The SMILES string of the molecule is CC(C)(Oc1ccc(Cl)cc1)C(=O)NCC[C@H](CCO)c1cccs1. The lowest BCUT2D eigenvalue weighted by atomic mass is 9.99. The Bertz CT molecular complexity index is 656. The highest BCUT2D eigenvalue weighted by atomic mass is 35.5. The Morgan fingerprint density at radius 2 is 2.00 bits per heavy atom. The lowest BCUT2D eigenvalue weighted by molar-refractivity contribution is -0.134. The molecule has 0 unspecified atom stereocenters. The number of benzene rings is 1. The van der Waals surface area contributed by atoms with E-state index in [1.165, 1.54) is 4.88 Å². The van der Waals surface area contributed by atoms with Gasteiger partial charge in [-0.2, -0.15) is 0 Å². The molecule has 6 heteroatoms. The Hall–Kier alpha value is -1.56. The second-order valence-electron chi connectivity index (χ2n) is 6.34. The maximum Gasteiger partial charge on any atom is 0.263 e. The van der Waals surface area contributed by atoms with E-state index < -0.39 is 5.60 Å². The predicted molar refractivity (Wildman–Crippen MR) is 103 cm³/mol. The minimum absolute atomic E-state index is 0.141. The summed E-state index contributed by atoms with van der Waals surface area (Å²) in [7, 11) is 0. The molecule has 1 aromatic heterocycles. The summed E-state index contributed by atoms with van der Waals surface area (Å²) in [6, 6.07) is 11.0. The zero-order valence-corrected chi connectivity index (χ0v) is 16.1. The zero-order chi connectivity index (χ0) is 18.3. The molecular weight excluding hydrogens is 358 g/mol. The molecule has 1 amide bonds. The monoisotopic (exact) mass is 381 g/mol. The summed E-state index contributed by atoms with van der Waals surface area (Å²) < 4.78 is 5.79. The van der Waals surface area contributed by atoms with Gasteiger partial charge in [-0.1, -0.05) is 17.7 Å². The van der Waals surface area contributed by atoms with E-state index in [9.17, 15) is 9.90 Å². The summed E-state index contributed by atoms with van der Waals surface area (Å²) in [5, 5.41) is 14.8. The minimum atomic E-state index is -0.983. The lowest BCUT2D eigenvalue weighted by Gasteiger charge is -2.26. The highest BCUT2D eigenvalue weighted by Gasteiger charge is 2.29. The van der Waals surface area contributed by atoms with Gasteiger partial charge >= 0.3 is 0 Å². The second kappa shape index (κ2) is 9.22. The molecule has 0 aliphatic heterocycles. The number of aliphatic hydroxyl groups is 1. The van der Waals surface area contributed by atoms with Crippen molar-refractivity contribution in [2.75, 3.05) is 13.2 Å². The number of aliphatic hydroxyl groups excluding tert-OH is 1. The van der Waals surface area contributed by atoms with Gasteiger partial charge in [0.1, 0.15) is 5.75 Å². The van der Waals surface area contributed by atoms with Crippen LogP contribution in [0.5, 0.6) is 5.75 Å². The molecule has 2 N–H and O–H groups in total. The molecule has 0 bridgehead atoms. The summed E-state index contributed by atoms with van der Waals surface area (Å²) in [6.45, 7) is 4.15. The van der Waals surface area contributed by atoms with Crippen molar-refractivity contribution in [2.45, 2.75) is 38.2 Å².